The number of thioether (sulfide) groups is 1. The van der Waals surface area contributed by atoms with Crippen LogP contribution in [0.1, 0.15) is 24.0 Å². The number of thiophene rings is 1. The van der Waals surface area contributed by atoms with Gasteiger partial charge in [0, 0.05) is 6.54 Å². The van der Waals surface area contributed by atoms with Gasteiger partial charge in [-0.05, 0) is 53.0 Å². The molecule has 1 heterocycles. The molecule has 0 unspecified atom stereocenters. The molecular formula is C22H25F3N2O3S2. The molecule has 2 N–H and O–H groups in total. The zero-order valence-electron chi connectivity index (χ0n) is 17.3. The summed E-state index contributed by atoms with van der Waals surface area (Å²) in [7, 11) is 0. The van der Waals surface area contributed by atoms with E-state index in [9.17, 15) is 27.6 Å². The molecule has 0 fully saturated rings. The quantitative estimate of drug-likeness (QED) is 0.436. The first-order chi connectivity index (χ1) is 15.2. The number of primary amides is 1. The van der Waals surface area contributed by atoms with Crippen molar-refractivity contribution in [3.63, 3.8) is 0 Å². The summed E-state index contributed by atoms with van der Waals surface area (Å²) in [6.07, 6.45) is -3.61. The molecule has 0 aliphatic heterocycles. The number of alkyl halides is 3. The van der Waals surface area contributed by atoms with E-state index in [2.05, 4.69) is 0 Å². The van der Waals surface area contributed by atoms with Crippen molar-refractivity contribution in [2.45, 2.75) is 37.9 Å². The summed E-state index contributed by atoms with van der Waals surface area (Å²) in [5.41, 5.74) is 7.44. The minimum absolute atomic E-state index is 0.136. The highest BCUT2D eigenvalue weighted by Crippen LogP contribution is 2.20. The number of carbonyl (C=O) groups is 3. The second-order valence-corrected chi connectivity index (χ2v) is 9.05. The van der Waals surface area contributed by atoms with Crippen molar-refractivity contribution in [3.8, 4) is 0 Å². The van der Waals surface area contributed by atoms with Gasteiger partial charge in [0.25, 0.3) is 0 Å². The van der Waals surface area contributed by atoms with Crippen LogP contribution in [0.15, 0.2) is 47.2 Å². The minimum atomic E-state index is -4.84. The van der Waals surface area contributed by atoms with Gasteiger partial charge in [-0.1, -0.05) is 30.3 Å². The minimum Gasteiger partial charge on any atom is -0.368 e. The van der Waals surface area contributed by atoms with Gasteiger partial charge in [-0.25, -0.2) is 0 Å². The lowest BCUT2D eigenvalue weighted by atomic mass is 10.1. The van der Waals surface area contributed by atoms with Crippen LogP contribution in [-0.4, -0.2) is 52.8 Å². The summed E-state index contributed by atoms with van der Waals surface area (Å²) in [4.78, 5) is 37.6. The van der Waals surface area contributed by atoms with Gasteiger partial charge in [0.2, 0.25) is 17.6 Å². The van der Waals surface area contributed by atoms with E-state index in [0.717, 1.165) is 22.9 Å². The molecule has 1 aromatic carbocycles. The van der Waals surface area contributed by atoms with Crippen LogP contribution >= 0.6 is 23.1 Å². The standard InChI is InChI=1S/C22H25F3N2O3S2/c23-22(24,25)19(28)15-31-11-4-7-18(21(26)30)27(10-8-16-5-2-1-3-6-16)20(29)13-17-9-12-32-14-17/h1-3,5-6,9,12,14,18H,4,7-8,10-11,13,15H2,(H2,26,30)/t18-/m0/s1. The van der Waals surface area contributed by atoms with Crippen molar-refractivity contribution >= 4 is 40.7 Å². The van der Waals surface area contributed by atoms with Crippen LogP contribution in [0.4, 0.5) is 13.2 Å². The molecule has 0 spiro atoms. The first-order valence-corrected chi connectivity index (χ1v) is 12.1. The Kier molecular flexibility index (Phi) is 10.2. The number of nitrogens with zero attached hydrogens (tertiary/aromatic N) is 1. The predicted molar refractivity (Wildman–Crippen MR) is 120 cm³/mol. The largest absolute Gasteiger partial charge is 0.450 e. The fourth-order valence-corrected chi connectivity index (χ4v) is 4.63. The van der Waals surface area contributed by atoms with E-state index in [1.165, 1.54) is 16.2 Å². The molecule has 0 aliphatic rings. The van der Waals surface area contributed by atoms with Gasteiger partial charge in [-0.3, -0.25) is 14.4 Å². The Labute approximate surface area is 193 Å². The summed E-state index contributed by atoms with van der Waals surface area (Å²) < 4.78 is 36.9. The van der Waals surface area contributed by atoms with Gasteiger partial charge >= 0.3 is 6.18 Å². The van der Waals surface area contributed by atoms with Crippen LogP contribution < -0.4 is 5.73 Å². The molecule has 1 aromatic heterocycles. The number of hydrogen-bond acceptors (Lipinski definition) is 5. The first kappa shape index (κ1) is 25.9. The Morgan fingerprint density at radius 3 is 2.41 bits per heavy atom. The van der Waals surface area contributed by atoms with E-state index in [-0.39, 0.29) is 24.5 Å². The van der Waals surface area contributed by atoms with Crippen LogP contribution in [-0.2, 0) is 27.2 Å². The Morgan fingerprint density at radius 1 is 1.09 bits per heavy atom. The van der Waals surface area contributed by atoms with E-state index in [1.807, 2.05) is 47.2 Å². The molecule has 5 nitrogen and oxygen atoms in total. The normalized spacial score (nSPS) is 12.3. The topological polar surface area (TPSA) is 80.5 Å². The SMILES string of the molecule is NC(=O)[C@H](CCCSCC(=O)C(F)(F)F)N(CCc1ccccc1)C(=O)Cc1ccsc1. The van der Waals surface area contributed by atoms with Crippen LogP contribution in [0, 0.1) is 0 Å². The maximum absolute atomic E-state index is 13.0. The number of benzene rings is 1. The monoisotopic (exact) mass is 486 g/mol. The van der Waals surface area contributed by atoms with E-state index < -0.39 is 29.7 Å². The molecule has 1 atom stereocenters. The van der Waals surface area contributed by atoms with Gasteiger partial charge in [0.1, 0.15) is 6.04 Å². The van der Waals surface area contributed by atoms with E-state index in [1.54, 1.807) is 0 Å². The molecule has 0 radical (unpaired) electrons. The number of halogens is 3. The molecule has 174 valence electrons. The fraction of sp³-hybridized carbons (Fsp3) is 0.409. The number of nitrogens with two attached hydrogens (primary N) is 1. The summed E-state index contributed by atoms with van der Waals surface area (Å²) in [5.74, 6) is -3.10. The van der Waals surface area contributed by atoms with Crippen molar-refractivity contribution in [1.82, 2.24) is 4.90 Å². The van der Waals surface area contributed by atoms with Crippen LogP contribution in [0.3, 0.4) is 0 Å². The molecule has 0 saturated carbocycles. The van der Waals surface area contributed by atoms with Crippen molar-refractivity contribution in [2.75, 3.05) is 18.1 Å². The zero-order valence-corrected chi connectivity index (χ0v) is 19.0. The lowest BCUT2D eigenvalue weighted by molar-refractivity contribution is -0.167. The molecule has 0 aliphatic carbocycles. The van der Waals surface area contributed by atoms with E-state index in [4.69, 9.17) is 5.73 Å². The summed E-state index contributed by atoms with van der Waals surface area (Å²) in [6, 6.07) is 10.5. The Morgan fingerprint density at radius 2 is 1.81 bits per heavy atom. The zero-order chi connectivity index (χ0) is 23.6. The molecule has 32 heavy (non-hydrogen) atoms. The number of amides is 2. The molecule has 0 bridgehead atoms. The third-order valence-electron chi connectivity index (χ3n) is 4.76. The van der Waals surface area contributed by atoms with E-state index >= 15 is 0 Å². The second-order valence-electron chi connectivity index (χ2n) is 7.17. The number of carbonyl (C=O) groups excluding carboxylic acids is 3. The molecule has 0 saturated heterocycles. The van der Waals surface area contributed by atoms with Gasteiger partial charge < -0.3 is 10.6 Å². The molecule has 2 aromatic rings. The Balaban J connectivity index is 2.00. The first-order valence-electron chi connectivity index (χ1n) is 10.00. The average Bonchev–Trinajstić information content (AvgIpc) is 3.24. The molecule has 2 rings (SSSR count). The summed E-state index contributed by atoms with van der Waals surface area (Å²) >= 11 is 2.32. The third kappa shape index (κ3) is 8.66. The fourth-order valence-electron chi connectivity index (χ4n) is 3.10. The predicted octanol–water partition coefficient (Wildman–Crippen LogP) is 3.86. The van der Waals surface area contributed by atoms with E-state index in [0.29, 0.717) is 19.4 Å². The smallest absolute Gasteiger partial charge is 0.368 e. The van der Waals surface area contributed by atoms with Crippen molar-refractivity contribution in [2.24, 2.45) is 5.73 Å². The maximum Gasteiger partial charge on any atom is 0.450 e. The highest BCUT2D eigenvalue weighted by molar-refractivity contribution is 7.99. The number of ketones is 1. The van der Waals surface area contributed by atoms with Crippen molar-refractivity contribution < 1.29 is 27.6 Å². The third-order valence-corrected chi connectivity index (χ3v) is 6.54. The number of hydrogen-bond donors (Lipinski definition) is 1. The van der Waals surface area contributed by atoms with Gasteiger partial charge in [-0.15, -0.1) is 0 Å². The van der Waals surface area contributed by atoms with Crippen molar-refractivity contribution in [3.05, 3.63) is 58.3 Å². The molecule has 2 amide bonds. The number of Topliss-reactive ketones (excluding diaryl/α,β-unsaturated/α-hetero) is 1. The lowest BCUT2D eigenvalue weighted by Gasteiger charge is -2.30. The van der Waals surface area contributed by atoms with Crippen LogP contribution in [0.2, 0.25) is 0 Å². The molecule has 10 heteroatoms. The number of rotatable bonds is 13. The van der Waals surface area contributed by atoms with Crippen LogP contribution in [0.5, 0.6) is 0 Å². The van der Waals surface area contributed by atoms with Gasteiger partial charge in [0.15, 0.2) is 0 Å². The lowest BCUT2D eigenvalue weighted by Crippen LogP contribution is -2.49. The Bertz CT molecular complexity index is 874. The average molecular weight is 487 g/mol. The van der Waals surface area contributed by atoms with Crippen LogP contribution in [0.25, 0.3) is 0 Å². The highest BCUT2D eigenvalue weighted by atomic mass is 32.2. The molecular weight excluding hydrogens is 461 g/mol. The summed E-state index contributed by atoms with van der Waals surface area (Å²) in [6.45, 7) is 0.292. The highest BCUT2D eigenvalue weighted by Gasteiger charge is 2.37. The van der Waals surface area contributed by atoms with Gasteiger partial charge in [0.05, 0.1) is 12.2 Å². The van der Waals surface area contributed by atoms with Crippen molar-refractivity contribution in [1.29, 1.82) is 0 Å². The Hall–Kier alpha value is -2.33. The van der Waals surface area contributed by atoms with Gasteiger partial charge in [-0.2, -0.15) is 36.3 Å². The maximum atomic E-state index is 13.0. The second kappa shape index (κ2) is 12.6. The summed E-state index contributed by atoms with van der Waals surface area (Å²) in [5, 5.41) is 3.73.